The monoisotopic (exact) mass is 895 g/mol. The summed E-state index contributed by atoms with van der Waals surface area (Å²) in [7, 11) is 8.31. The topological polar surface area (TPSA) is 136 Å². The quantitative estimate of drug-likeness (QED) is 0.342. The van der Waals surface area contributed by atoms with Crippen LogP contribution in [0.4, 0.5) is 0 Å². The number of unbranched alkanes of at least 4 members (excludes halogenated alkanes) is 1. The van der Waals surface area contributed by atoms with Crippen molar-refractivity contribution in [3.8, 4) is 11.5 Å². The Morgan fingerprint density at radius 3 is 1.75 bits per heavy atom. The average Bonchev–Trinajstić information content (AvgIpc) is 4.08. The van der Waals surface area contributed by atoms with Crippen LogP contribution in [0.2, 0.25) is 19.0 Å². The molecule has 1 atom stereocenters. The molecule has 9 heterocycles. The van der Waals surface area contributed by atoms with Crippen LogP contribution in [-0.4, -0.2) is 156 Å². The van der Waals surface area contributed by atoms with E-state index in [2.05, 4.69) is 69.2 Å². The van der Waals surface area contributed by atoms with Crippen LogP contribution < -0.4 is 9.47 Å². The number of hydrogen-bond acceptors (Lipinski definition) is 13. The molecule has 1 aromatic carbocycles. The Morgan fingerprint density at radius 2 is 1.39 bits per heavy atom. The first kappa shape index (κ1) is 54.4. The molecule has 9 aliphatic heterocycles. The third kappa shape index (κ3) is 17.5. The summed E-state index contributed by atoms with van der Waals surface area (Å²) < 4.78 is 57.5. The van der Waals surface area contributed by atoms with Gasteiger partial charge in [0, 0.05) is 31.0 Å². The van der Waals surface area contributed by atoms with Gasteiger partial charge in [-0.1, -0.05) is 72.8 Å². The number of benzene rings is 1. The van der Waals surface area contributed by atoms with Crippen molar-refractivity contribution >= 4 is 56.6 Å². The molecular weight excluding hydrogens is 817 g/mol. The standard InChI is InChI=1S/C8H17BNO2.2C7H14BO.C7H6O2.C6H12BO.C5H7BNO4.C3H6BO2/c1-2-3-4-10-5-7-11-9(10)12-8-6-10;1-6-4-7(2,3)9-8-5-6;1-6(2)5-8-9-7(6,3)4;1-2-4-7-6(3-1)8-5-9-7;1-6(2)3-4-7-8-5-6;1-7-2-4(8)10-6(7)11-5(9)3-7;1-2-5-4-6-3-1/h2-8H2,1H3;6H,4-5H2,1-3H3;5H2,1-4H3;1-4H,5H2;3-5H2,1-2H3;2-3H2,1H3;1-3H2/q+1;;;;;+1;. The Hall–Kier alpha value is -2.21. The molecule has 0 aliphatic carbocycles. The Morgan fingerprint density at radius 1 is 0.781 bits per heavy atom. The molecule has 0 amide bonds. The fourth-order valence-electron chi connectivity index (χ4n) is 7.91. The van der Waals surface area contributed by atoms with Gasteiger partial charge in [-0.3, -0.25) is 4.39 Å². The van der Waals surface area contributed by atoms with Crippen LogP contribution in [0, 0.1) is 16.7 Å². The number of fused-ring (bicyclic) bond motifs is 3. The fourth-order valence-corrected chi connectivity index (χ4v) is 7.91. The number of ether oxygens (including phenoxy) is 2. The van der Waals surface area contributed by atoms with Gasteiger partial charge in [0.05, 0.1) is 39.9 Å². The van der Waals surface area contributed by atoms with Gasteiger partial charge in [-0.05, 0) is 88.5 Å². The van der Waals surface area contributed by atoms with Gasteiger partial charge in [-0.25, -0.2) is 9.59 Å². The van der Waals surface area contributed by atoms with Crippen molar-refractivity contribution in [2.75, 3.05) is 79.6 Å². The molecule has 0 spiro atoms. The van der Waals surface area contributed by atoms with E-state index in [0.717, 1.165) is 93.3 Å². The van der Waals surface area contributed by atoms with E-state index < -0.39 is 7.25 Å². The third-order valence-electron chi connectivity index (χ3n) is 12.8. The Balaban J connectivity index is 0.000000165. The number of carbonyl (C=O) groups is 2. The van der Waals surface area contributed by atoms with Crippen LogP contribution in [0.1, 0.15) is 101 Å². The molecule has 64 heavy (non-hydrogen) atoms. The number of likely N-dealkylation sites (N-methyl/N-ethyl adjacent to an activating group) is 1. The predicted octanol–water partition coefficient (Wildman–Crippen LogP) is 5.74. The summed E-state index contributed by atoms with van der Waals surface area (Å²) in [6.45, 7) is 30.7. The molecule has 8 fully saturated rings. The summed E-state index contributed by atoms with van der Waals surface area (Å²) in [4.78, 5) is 21.5. The van der Waals surface area contributed by atoms with Crippen LogP contribution in [-0.2, 0) is 51.5 Å². The lowest BCUT2D eigenvalue weighted by Gasteiger charge is -2.34. The van der Waals surface area contributed by atoms with Crippen LogP contribution in [0.5, 0.6) is 11.5 Å². The van der Waals surface area contributed by atoms with E-state index in [-0.39, 0.29) is 47.9 Å². The SMILES string of the molecule is CC1(C)CC[B]OC1.CC1(C)C[B]OC1(C)C.CC1C[B]OC(C)(C)C1.CCCC[N+]12CCOB1OCC2.C[N+]12CC(=O)OB1OC(=O)C2.[B]1OCCCO1.c1ccc2c(c1)OCO2. The minimum Gasteiger partial charge on any atom is -0.454 e. The van der Waals surface area contributed by atoms with Crippen LogP contribution in [0.15, 0.2) is 24.3 Å². The van der Waals surface area contributed by atoms with E-state index in [1.807, 2.05) is 46.7 Å². The second-order valence-electron chi connectivity index (χ2n) is 20.6. The van der Waals surface area contributed by atoms with Crippen molar-refractivity contribution in [3.05, 3.63) is 24.3 Å². The molecule has 4 radical (unpaired) electrons. The van der Waals surface area contributed by atoms with E-state index in [4.69, 9.17) is 51.4 Å². The maximum absolute atomic E-state index is 10.7. The lowest BCUT2D eigenvalue weighted by atomic mass is 9.72. The zero-order valence-electron chi connectivity index (χ0n) is 41.0. The van der Waals surface area contributed by atoms with Crippen molar-refractivity contribution < 1.29 is 69.7 Å². The Labute approximate surface area is 388 Å². The second kappa shape index (κ2) is 25.2. The summed E-state index contributed by atoms with van der Waals surface area (Å²) in [6, 6.07) is 7.63. The zero-order valence-corrected chi connectivity index (χ0v) is 41.0. The lowest BCUT2D eigenvalue weighted by molar-refractivity contribution is -0.815. The number of nitrogens with zero attached hydrogens (tertiary/aromatic N) is 2. The highest BCUT2D eigenvalue weighted by molar-refractivity contribution is 6.45. The van der Waals surface area contributed by atoms with Gasteiger partial charge in [-0.15, -0.1) is 0 Å². The summed E-state index contributed by atoms with van der Waals surface area (Å²) in [5, 5.41) is 0. The molecule has 352 valence electrons. The predicted molar refractivity (Wildman–Crippen MR) is 250 cm³/mol. The van der Waals surface area contributed by atoms with Crippen LogP contribution in [0.3, 0.4) is 0 Å². The number of para-hydroxylation sites is 2. The van der Waals surface area contributed by atoms with Crippen molar-refractivity contribution in [1.29, 1.82) is 0 Å². The van der Waals surface area contributed by atoms with Crippen LogP contribution in [0.25, 0.3) is 0 Å². The van der Waals surface area contributed by atoms with Gasteiger partial charge in [-0.2, -0.15) is 0 Å². The van der Waals surface area contributed by atoms with E-state index in [1.165, 1.54) is 39.9 Å². The number of quaternary nitrogens is 2. The molecule has 0 aromatic heterocycles. The van der Waals surface area contributed by atoms with E-state index >= 15 is 0 Å². The first-order chi connectivity index (χ1) is 30.2. The minimum atomic E-state index is -0.685. The molecule has 1 aromatic rings. The molecule has 10 rings (SSSR count). The highest BCUT2D eigenvalue weighted by Gasteiger charge is 2.65. The summed E-state index contributed by atoms with van der Waals surface area (Å²) in [6.07, 6.45) is 9.35. The molecule has 21 heteroatoms. The Bertz CT molecular complexity index is 1490. The summed E-state index contributed by atoms with van der Waals surface area (Å²) >= 11 is 0. The molecule has 8 saturated heterocycles. The minimum absolute atomic E-state index is 0.0347. The van der Waals surface area contributed by atoms with Gasteiger partial charge in [0.25, 0.3) is 22.4 Å². The average molecular weight is 894 g/mol. The van der Waals surface area contributed by atoms with Crippen molar-refractivity contribution in [1.82, 2.24) is 0 Å². The van der Waals surface area contributed by atoms with E-state index in [1.54, 1.807) is 7.05 Å². The highest BCUT2D eigenvalue weighted by Crippen LogP contribution is 2.42. The molecule has 0 bridgehead atoms. The van der Waals surface area contributed by atoms with Gasteiger partial charge in [0.2, 0.25) is 6.79 Å². The number of carbonyl (C=O) groups excluding carboxylic acids is 2. The largest absolute Gasteiger partial charge is 0.909 e. The van der Waals surface area contributed by atoms with Gasteiger partial charge in [0.15, 0.2) is 24.6 Å². The zero-order chi connectivity index (χ0) is 46.9. The number of rotatable bonds is 3. The Kier molecular flexibility index (Phi) is 21.5. The molecule has 0 saturated carbocycles. The molecule has 9 aliphatic rings. The maximum Gasteiger partial charge on any atom is 0.909 e. The first-order valence-corrected chi connectivity index (χ1v) is 23.3. The van der Waals surface area contributed by atoms with Gasteiger partial charge in [0.1, 0.15) is 0 Å². The third-order valence-corrected chi connectivity index (χ3v) is 12.8. The highest BCUT2D eigenvalue weighted by atomic mass is 16.7. The van der Waals surface area contributed by atoms with Crippen molar-refractivity contribution in [3.63, 3.8) is 0 Å². The van der Waals surface area contributed by atoms with E-state index in [9.17, 15) is 9.59 Å². The molecular formula is C43H76B6N2O13+2. The molecule has 1 unspecified atom stereocenters. The van der Waals surface area contributed by atoms with E-state index in [0.29, 0.717) is 17.6 Å². The van der Waals surface area contributed by atoms with Gasteiger partial charge >= 0.3 is 34.1 Å². The second-order valence-corrected chi connectivity index (χ2v) is 20.6. The normalized spacial score (nSPS) is 25.8. The molecule has 15 nitrogen and oxygen atoms in total. The number of hydrogen-bond donors (Lipinski definition) is 0. The lowest BCUT2D eigenvalue weighted by Crippen LogP contribution is -2.52. The smallest absolute Gasteiger partial charge is 0.454 e. The molecule has 0 N–H and O–H groups in total. The van der Waals surface area contributed by atoms with Gasteiger partial charge < -0.3 is 55.8 Å². The fraction of sp³-hybridized carbons (Fsp3) is 0.814. The van der Waals surface area contributed by atoms with Crippen molar-refractivity contribution in [2.45, 2.75) is 132 Å². The maximum atomic E-state index is 10.7. The van der Waals surface area contributed by atoms with Crippen molar-refractivity contribution in [2.24, 2.45) is 16.7 Å². The summed E-state index contributed by atoms with van der Waals surface area (Å²) in [5.41, 5.74) is 0.867. The summed E-state index contributed by atoms with van der Waals surface area (Å²) in [5.74, 6) is 1.89. The first-order valence-electron chi connectivity index (χ1n) is 23.3. The van der Waals surface area contributed by atoms with Crippen LogP contribution >= 0.6 is 0 Å².